The van der Waals surface area contributed by atoms with Crippen LogP contribution < -0.4 is 9.64 Å². The summed E-state index contributed by atoms with van der Waals surface area (Å²) >= 11 is 0. The van der Waals surface area contributed by atoms with E-state index in [0.29, 0.717) is 31.6 Å². The first-order valence-electron chi connectivity index (χ1n) is 9.68. The summed E-state index contributed by atoms with van der Waals surface area (Å²) in [5.74, 6) is -1.11. The molecule has 4 rings (SSSR count). The van der Waals surface area contributed by atoms with E-state index in [2.05, 4.69) is 15.1 Å². The highest BCUT2D eigenvalue weighted by molar-refractivity contribution is 5.71. The molecule has 11 heteroatoms. The van der Waals surface area contributed by atoms with E-state index in [1.165, 1.54) is 11.0 Å². The largest absolute Gasteiger partial charge is 0.481 e. The molecule has 0 bridgehead atoms. The van der Waals surface area contributed by atoms with Gasteiger partial charge in [0.05, 0.1) is 16.5 Å². The average Bonchev–Trinajstić information content (AvgIpc) is 3.14. The Morgan fingerprint density at radius 3 is 2.58 bits per heavy atom. The second-order valence-corrected chi connectivity index (χ2v) is 7.17. The smallest absolute Gasteiger partial charge is 0.373 e. The number of aliphatic carboxylic acids is 1. The van der Waals surface area contributed by atoms with Gasteiger partial charge in [-0.25, -0.2) is 9.67 Å². The first-order valence-corrected chi connectivity index (χ1v) is 9.68. The molecule has 160 valence electrons. The van der Waals surface area contributed by atoms with Gasteiger partial charge in [-0.15, -0.1) is 0 Å². The maximum absolute atomic E-state index is 11.9. The lowest BCUT2D eigenvalue weighted by molar-refractivity contribution is -0.385. The predicted molar refractivity (Wildman–Crippen MR) is 110 cm³/mol. The third-order valence-electron chi connectivity index (χ3n) is 5.20. The van der Waals surface area contributed by atoms with E-state index in [0.717, 1.165) is 5.56 Å². The molecule has 1 aliphatic rings. The quantitative estimate of drug-likeness (QED) is 0.468. The number of hydrogen-bond donors (Lipinski definition) is 1. The molecule has 0 radical (unpaired) electrons. The predicted octanol–water partition coefficient (Wildman–Crippen LogP) is 2.88. The van der Waals surface area contributed by atoms with Crippen molar-refractivity contribution in [2.75, 3.05) is 18.0 Å². The highest BCUT2D eigenvalue weighted by Gasteiger charge is 2.33. The summed E-state index contributed by atoms with van der Waals surface area (Å²) in [6.45, 7) is 0.691. The van der Waals surface area contributed by atoms with E-state index < -0.39 is 16.8 Å². The van der Waals surface area contributed by atoms with Gasteiger partial charge in [0.25, 0.3) is 0 Å². The number of rotatable bonds is 6. The van der Waals surface area contributed by atoms with E-state index in [1.807, 2.05) is 30.3 Å². The maximum Gasteiger partial charge on any atom is 0.373 e. The van der Waals surface area contributed by atoms with E-state index >= 15 is 0 Å². The van der Waals surface area contributed by atoms with E-state index in [-0.39, 0.29) is 23.3 Å². The molecular formula is C20H20N6O5. The van der Waals surface area contributed by atoms with Crippen LogP contribution in [0, 0.1) is 16.0 Å². The summed E-state index contributed by atoms with van der Waals surface area (Å²) in [7, 11) is 1.67. The van der Waals surface area contributed by atoms with Crippen molar-refractivity contribution in [1.29, 1.82) is 0 Å². The minimum absolute atomic E-state index is 0.115. The van der Waals surface area contributed by atoms with Crippen LogP contribution in [-0.2, 0) is 11.8 Å². The van der Waals surface area contributed by atoms with Gasteiger partial charge < -0.3 is 14.7 Å². The maximum atomic E-state index is 11.9. The van der Waals surface area contributed by atoms with Crippen molar-refractivity contribution in [3.05, 3.63) is 52.8 Å². The van der Waals surface area contributed by atoms with Crippen LogP contribution in [0.3, 0.4) is 0 Å². The highest BCUT2D eigenvalue weighted by atomic mass is 16.6. The number of aromatic nitrogens is 4. The first-order chi connectivity index (χ1) is 14.9. The number of nitrogens with zero attached hydrogens (tertiary/aromatic N) is 6. The summed E-state index contributed by atoms with van der Waals surface area (Å²) in [6.07, 6.45) is 1.97. The second kappa shape index (κ2) is 8.38. The molecule has 0 spiro atoms. The molecule has 0 aliphatic carbocycles. The summed E-state index contributed by atoms with van der Waals surface area (Å²) in [6, 6.07) is 11.2. The van der Waals surface area contributed by atoms with Crippen LogP contribution in [0.2, 0.25) is 0 Å². The van der Waals surface area contributed by atoms with Crippen LogP contribution in [0.5, 0.6) is 11.8 Å². The number of hydrogen-bond acceptors (Lipinski definition) is 8. The van der Waals surface area contributed by atoms with Gasteiger partial charge in [0, 0.05) is 31.8 Å². The van der Waals surface area contributed by atoms with Gasteiger partial charge in [0.2, 0.25) is 11.7 Å². The van der Waals surface area contributed by atoms with Gasteiger partial charge in [-0.1, -0.05) is 30.3 Å². The molecule has 0 atom stereocenters. The Balaban J connectivity index is 1.63. The lowest BCUT2D eigenvalue weighted by Gasteiger charge is -2.30. The molecule has 1 fully saturated rings. The monoisotopic (exact) mass is 424 g/mol. The Kier molecular flexibility index (Phi) is 5.48. The fraction of sp³-hybridized carbons (Fsp3) is 0.300. The van der Waals surface area contributed by atoms with E-state index in [9.17, 15) is 20.0 Å². The summed E-state index contributed by atoms with van der Waals surface area (Å²) < 4.78 is 7.26. The van der Waals surface area contributed by atoms with Gasteiger partial charge in [0.15, 0.2) is 0 Å². The van der Waals surface area contributed by atoms with E-state index in [4.69, 9.17) is 4.74 Å². The third-order valence-corrected chi connectivity index (χ3v) is 5.20. The Morgan fingerprint density at radius 2 is 1.94 bits per heavy atom. The standard InChI is InChI=1S/C20H20N6O5/c1-24-16(11-15(23-24)13-5-3-2-4-6-13)31-19-17(26(29)30)18(21-12-22-19)25-9-7-14(8-10-25)20(27)28/h2-6,11-12,14H,7-10H2,1H3,(H,27,28). The normalized spacial score (nSPS) is 14.4. The number of aryl methyl sites for hydroxylation is 1. The van der Waals surface area contributed by atoms with Crippen LogP contribution in [0.15, 0.2) is 42.7 Å². The van der Waals surface area contributed by atoms with Crippen molar-refractivity contribution in [1.82, 2.24) is 19.7 Å². The summed E-state index contributed by atoms with van der Waals surface area (Å²) in [4.78, 5) is 32.2. The van der Waals surface area contributed by atoms with Crippen molar-refractivity contribution in [2.24, 2.45) is 13.0 Å². The number of carboxylic acids is 1. The van der Waals surface area contributed by atoms with Gasteiger partial charge in [-0.2, -0.15) is 10.1 Å². The Morgan fingerprint density at radius 1 is 1.23 bits per heavy atom. The molecule has 31 heavy (non-hydrogen) atoms. The fourth-order valence-corrected chi connectivity index (χ4v) is 3.55. The van der Waals surface area contributed by atoms with E-state index in [1.54, 1.807) is 18.0 Å². The SMILES string of the molecule is Cn1nc(-c2ccccc2)cc1Oc1ncnc(N2CCC(C(=O)O)CC2)c1[N+](=O)[O-]. The lowest BCUT2D eigenvalue weighted by atomic mass is 9.97. The van der Waals surface area contributed by atoms with Gasteiger partial charge >= 0.3 is 17.5 Å². The third kappa shape index (κ3) is 4.15. The van der Waals surface area contributed by atoms with Crippen LogP contribution in [0.1, 0.15) is 12.8 Å². The highest BCUT2D eigenvalue weighted by Crippen LogP contribution is 2.38. The van der Waals surface area contributed by atoms with Gasteiger partial charge in [0.1, 0.15) is 6.33 Å². The number of piperidine rings is 1. The topological polar surface area (TPSA) is 137 Å². The molecule has 0 unspecified atom stereocenters. The molecule has 1 saturated heterocycles. The molecule has 0 amide bonds. The number of carboxylic acid groups (broad SMARTS) is 1. The Hall–Kier alpha value is -4.02. The Labute approximate surface area is 177 Å². The van der Waals surface area contributed by atoms with Crippen LogP contribution >= 0.6 is 0 Å². The van der Waals surface area contributed by atoms with Crippen LogP contribution in [0.4, 0.5) is 11.5 Å². The zero-order valence-electron chi connectivity index (χ0n) is 16.7. The fourth-order valence-electron chi connectivity index (χ4n) is 3.55. The van der Waals surface area contributed by atoms with Crippen molar-refractivity contribution in [2.45, 2.75) is 12.8 Å². The number of nitro groups is 1. The van der Waals surface area contributed by atoms with Gasteiger partial charge in [-0.3, -0.25) is 14.9 Å². The Bertz CT molecular complexity index is 1110. The molecule has 1 aromatic carbocycles. The first kappa shape index (κ1) is 20.3. The minimum Gasteiger partial charge on any atom is -0.481 e. The molecule has 1 aliphatic heterocycles. The van der Waals surface area contributed by atoms with Crippen molar-refractivity contribution >= 4 is 17.5 Å². The van der Waals surface area contributed by atoms with Gasteiger partial charge in [-0.05, 0) is 12.8 Å². The van der Waals surface area contributed by atoms with Crippen molar-refractivity contribution in [3.8, 4) is 23.0 Å². The number of benzene rings is 1. The minimum atomic E-state index is -0.855. The van der Waals surface area contributed by atoms with Crippen molar-refractivity contribution in [3.63, 3.8) is 0 Å². The molecule has 1 N–H and O–H groups in total. The van der Waals surface area contributed by atoms with Crippen LogP contribution in [0.25, 0.3) is 11.3 Å². The number of anilines is 1. The zero-order chi connectivity index (χ0) is 22.0. The molecule has 11 nitrogen and oxygen atoms in total. The molecule has 0 saturated carbocycles. The molecule has 2 aromatic heterocycles. The van der Waals surface area contributed by atoms with Crippen LogP contribution in [-0.4, -0.2) is 48.8 Å². The van der Waals surface area contributed by atoms with Crippen molar-refractivity contribution < 1.29 is 19.6 Å². The molecular weight excluding hydrogens is 404 g/mol. The molecule has 3 heterocycles. The number of carbonyl (C=O) groups is 1. The zero-order valence-corrected chi connectivity index (χ0v) is 16.7. The average molecular weight is 424 g/mol. The number of ether oxygens (including phenoxy) is 1. The lowest BCUT2D eigenvalue weighted by Crippen LogP contribution is -2.37. The second-order valence-electron chi connectivity index (χ2n) is 7.17. The molecule has 3 aromatic rings. The summed E-state index contributed by atoms with van der Waals surface area (Å²) in [5, 5.41) is 25.4. The summed E-state index contributed by atoms with van der Waals surface area (Å²) in [5.41, 5.74) is 1.18.